The van der Waals surface area contributed by atoms with Crippen LogP contribution in [0.3, 0.4) is 0 Å². The molecule has 0 aliphatic heterocycles. The number of rotatable bonds is 6. The van der Waals surface area contributed by atoms with E-state index in [4.69, 9.17) is 5.11 Å². The van der Waals surface area contributed by atoms with Crippen molar-refractivity contribution in [2.24, 2.45) is 5.41 Å². The molecule has 19 heavy (non-hydrogen) atoms. The van der Waals surface area contributed by atoms with E-state index in [2.05, 4.69) is 29.4 Å². The number of carbonyl (C=O) groups is 2. The van der Waals surface area contributed by atoms with Crippen LogP contribution in [0.1, 0.15) is 34.6 Å². The Morgan fingerprint density at radius 1 is 1.26 bits per heavy atom. The Morgan fingerprint density at radius 2 is 1.79 bits per heavy atom. The molecule has 6 heteroatoms. The number of carbonyl (C=O) groups excluding carboxylic acids is 1. The summed E-state index contributed by atoms with van der Waals surface area (Å²) in [6.07, 6.45) is 0. The monoisotopic (exact) mass is 273 g/mol. The Bertz CT molecular complexity index is 311. The lowest BCUT2D eigenvalue weighted by molar-refractivity contribution is -0.141. The van der Waals surface area contributed by atoms with Gasteiger partial charge in [0.05, 0.1) is 0 Å². The van der Waals surface area contributed by atoms with Gasteiger partial charge in [-0.25, -0.2) is 9.59 Å². The molecule has 0 saturated heterocycles. The van der Waals surface area contributed by atoms with Crippen molar-refractivity contribution in [3.05, 3.63) is 0 Å². The summed E-state index contributed by atoms with van der Waals surface area (Å²) in [5, 5.41) is 14.3. The molecule has 0 bridgehead atoms. The Hall–Kier alpha value is -1.30. The van der Waals surface area contributed by atoms with Crippen molar-refractivity contribution in [3.8, 4) is 0 Å². The van der Waals surface area contributed by atoms with Gasteiger partial charge in [-0.15, -0.1) is 0 Å². The van der Waals surface area contributed by atoms with E-state index in [1.807, 2.05) is 7.05 Å². The van der Waals surface area contributed by atoms with Gasteiger partial charge in [0.15, 0.2) is 0 Å². The molecule has 0 aromatic rings. The smallest absolute Gasteiger partial charge is 0.326 e. The molecule has 3 N–H and O–H groups in total. The van der Waals surface area contributed by atoms with Gasteiger partial charge in [-0.05, 0) is 26.3 Å². The Morgan fingerprint density at radius 3 is 2.16 bits per heavy atom. The van der Waals surface area contributed by atoms with Crippen LogP contribution in [-0.2, 0) is 4.79 Å². The van der Waals surface area contributed by atoms with Crippen molar-refractivity contribution in [1.82, 2.24) is 15.5 Å². The molecule has 0 aromatic carbocycles. The van der Waals surface area contributed by atoms with Crippen molar-refractivity contribution in [1.29, 1.82) is 0 Å². The van der Waals surface area contributed by atoms with Gasteiger partial charge in [0.2, 0.25) is 0 Å². The van der Waals surface area contributed by atoms with E-state index in [9.17, 15) is 9.59 Å². The van der Waals surface area contributed by atoms with Crippen LogP contribution < -0.4 is 10.6 Å². The van der Waals surface area contributed by atoms with Crippen LogP contribution in [0.2, 0.25) is 0 Å². The Labute approximate surface area is 115 Å². The molecule has 0 aliphatic rings. The fourth-order valence-corrected chi connectivity index (χ4v) is 1.43. The van der Waals surface area contributed by atoms with Gasteiger partial charge in [-0.3, -0.25) is 0 Å². The fourth-order valence-electron chi connectivity index (χ4n) is 1.43. The maximum atomic E-state index is 11.7. The molecular formula is C13H27N3O3. The van der Waals surface area contributed by atoms with Crippen molar-refractivity contribution < 1.29 is 14.7 Å². The summed E-state index contributed by atoms with van der Waals surface area (Å²) in [4.78, 5) is 24.9. The van der Waals surface area contributed by atoms with Crippen molar-refractivity contribution in [2.75, 3.05) is 20.1 Å². The normalized spacial score (nSPS) is 13.5. The van der Waals surface area contributed by atoms with E-state index in [0.717, 1.165) is 6.54 Å². The summed E-state index contributed by atoms with van der Waals surface area (Å²) in [6, 6.07) is -0.944. The molecule has 0 aromatic heterocycles. The number of hydrogen-bond donors (Lipinski definition) is 3. The first-order chi connectivity index (χ1) is 8.55. The molecule has 6 nitrogen and oxygen atoms in total. The predicted octanol–water partition coefficient (Wildman–Crippen LogP) is 1.13. The Balaban J connectivity index is 4.19. The highest BCUT2D eigenvalue weighted by Gasteiger charge is 2.32. The number of likely N-dealkylation sites (N-methyl/N-ethyl adjacent to an activating group) is 1. The third-order valence-electron chi connectivity index (χ3n) is 3.02. The minimum absolute atomic E-state index is 0.409. The number of carboxylic acids is 1. The fraction of sp³-hybridized carbons (Fsp3) is 0.846. The predicted molar refractivity (Wildman–Crippen MR) is 75.2 cm³/mol. The van der Waals surface area contributed by atoms with E-state index < -0.39 is 23.5 Å². The van der Waals surface area contributed by atoms with Crippen LogP contribution in [0.15, 0.2) is 0 Å². The second-order valence-electron chi connectivity index (χ2n) is 6.11. The zero-order chi connectivity index (χ0) is 15.2. The van der Waals surface area contributed by atoms with Gasteiger partial charge in [0.1, 0.15) is 6.04 Å². The number of hydrogen-bond acceptors (Lipinski definition) is 3. The second kappa shape index (κ2) is 7.33. The van der Waals surface area contributed by atoms with Crippen LogP contribution in [0, 0.1) is 5.41 Å². The van der Waals surface area contributed by atoms with Crippen LogP contribution >= 0.6 is 0 Å². The van der Waals surface area contributed by atoms with Crippen molar-refractivity contribution in [2.45, 2.75) is 46.7 Å². The molecule has 0 aliphatic carbocycles. The minimum Gasteiger partial charge on any atom is -0.480 e. The summed E-state index contributed by atoms with van der Waals surface area (Å²) in [5.74, 6) is -1.03. The van der Waals surface area contributed by atoms with Crippen LogP contribution in [0.5, 0.6) is 0 Å². The Kier molecular flexibility index (Phi) is 6.83. The lowest BCUT2D eigenvalue weighted by atomic mass is 9.87. The molecule has 1 unspecified atom stereocenters. The van der Waals surface area contributed by atoms with Crippen molar-refractivity contribution in [3.63, 3.8) is 0 Å². The van der Waals surface area contributed by atoms with Gasteiger partial charge in [-0.1, -0.05) is 20.8 Å². The van der Waals surface area contributed by atoms with Crippen molar-refractivity contribution >= 4 is 12.0 Å². The highest BCUT2D eigenvalue weighted by Crippen LogP contribution is 2.19. The minimum atomic E-state index is -1.03. The summed E-state index contributed by atoms with van der Waals surface area (Å²) >= 11 is 0. The summed E-state index contributed by atoms with van der Waals surface area (Å²) in [6.45, 7) is 10.7. The average Bonchev–Trinajstić information content (AvgIpc) is 2.23. The number of nitrogens with zero attached hydrogens (tertiary/aromatic N) is 1. The number of nitrogens with one attached hydrogen (secondary N) is 2. The summed E-state index contributed by atoms with van der Waals surface area (Å²) < 4.78 is 0. The maximum Gasteiger partial charge on any atom is 0.326 e. The average molecular weight is 273 g/mol. The van der Waals surface area contributed by atoms with Gasteiger partial charge in [0, 0.05) is 19.1 Å². The molecule has 0 heterocycles. The standard InChI is InChI=1S/C13H27N3O3/c1-9(2)16(6)8-7-14-12(19)15-10(11(17)18)13(3,4)5/h9-10H,7-8H2,1-6H3,(H,17,18)(H2,14,15,19). The zero-order valence-corrected chi connectivity index (χ0v) is 12.8. The number of urea groups is 1. The van der Waals surface area contributed by atoms with E-state index in [0.29, 0.717) is 12.6 Å². The number of amides is 2. The first kappa shape index (κ1) is 17.7. The van der Waals surface area contributed by atoms with E-state index in [1.165, 1.54) is 0 Å². The largest absolute Gasteiger partial charge is 0.480 e. The molecule has 0 spiro atoms. The molecule has 0 fully saturated rings. The molecule has 0 saturated carbocycles. The molecule has 1 atom stereocenters. The second-order valence-corrected chi connectivity index (χ2v) is 6.11. The molecular weight excluding hydrogens is 246 g/mol. The first-order valence-electron chi connectivity index (χ1n) is 6.53. The highest BCUT2D eigenvalue weighted by atomic mass is 16.4. The zero-order valence-electron chi connectivity index (χ0n) is 12.8. The molecule has 112 valence electrons. The highest BCUT2D eigenvalue weighted by molar-refractivity contribution is 5.83. The molecule has 2 amide bonds. The van der Waals surface area contributed by atoms with E-state index in [-0.39, 0.29) is 0 Å². The lowest BCUT2D eigenvalue weighted by Crippen LogP contribution is -2.53. The quantitative estimate of drug-likeness (QED) is 0.677. The molecule has 0 radical (unpaired) electrons. The summed E-state index contributed by atoms with van der Waals surface area (Å²) in [7, 11) is 1.97. The van der Waals surface area contributed by atoms with Gasteiger partial charge in [0.25, 0.3) is 0 Å². The van der Waals surface area contributed by atoms with E-state index in [1.54, 1.807) is 20.8 Å². The number of aliphatic carboxylic acids is 1. The van der Waals surface area contributed by atoms with Gasteiger partial charge in [-0.2, -0.15) is 0 Å². The SMILES string of the molecule is CC(C)N(C)CCNC(=O)NC(C(=O)O)C(C)(C)C. The van der Waals surface area contributed by atoms with Gasteiger partial charge < -0.3 is 20.6 Å². The first-order valence-corrected chi connectivity index (χ1v) is 6.53. The van der Waals surface area contributed by atoms with Crippen LogP contribution in [0.4, 0.5) is 4.79 Å². The van der Waals surface area contributed by atoms with Gasteiger partial charge >= 0.3 is 12.0 Å². The maximum absolute atomic E-state index is 11.7. The topological polar surface area (TPSA) is 81.7 Å². The summed E-state index contributed by atoms with van der Waals surface area (Å²) in [5.41, 5.74) is -0.530. The number of carboxylic acid groups (broad SMARTS) is 1. The molecule has 0 rings (SSSR count). The van der Waals surface area contributed by atoms with Crippen LogP contribution in [0.25, 0.3) is 0 Å². The third-order valence-corrected chi connectivity index (χ3v) is 3.02. The third kappa shape index (κ3) is 7.00. The lowest BCUT2D eigenvalue weighted by Gasteiger charge is -2.28. The van der Waals surface area contributed by atoms with Crippen LogP contribution in [-0.4, -0.2) is 54.2 Å². The van der Waals surface area contributed by atoms with E-state index >= 15 is 0 Å².